The predicted octanol–water partition coefficient (Wildman–Crippen LogP) is 5.65. The Morgan fingerprint density at radius 3 is 2.70 bits per heavy atom. The van der Waals surface area contributed by atoms with E-state index in [2.05, 4.69) is 79.7 Å². The molecule has 3 aromatic rings. The predicted molar refractivity (Wildman–Crippen MR) is 99.0 cm³/mol. The van der Waals surface area contributed by atoms with Gasteiger partial charge in [0.25, 0.3) is 0 Å². The Bertz CT molecular complexity index is 892. The van der Waals surface area contributed by atoms with Crippen LogP contribution in [0.3, 0.4) is 0 Å². The molecule has 0 saturated heterocycles. The third kappa shape index (κ3) is 1.82. The number of nitrogens with zero attached hydrogens (tertiary/aromatic N) is 1. The summed E-state index contributed by atoms with van der Waals surface area (Å²) in [6.45, 7) is 8.84. The fourth-order valence-corrected chi connectivity index (χ4v) is 5.66. The molecule has 0 spiro atoms. The van der Waals surface area contributed by atoms with Crippen LogP contribution in [0.1, 0.15) is 38.2 Å². The number of fused-ring (bicyclic) bond motifs is 5. The highest BCUT2D eigenvalue weighted by atomic mass is 32.1. The van der Waals surface area contributed by atoms with Gasteiger partial charge in [-0.05, 0) is 35.6 Å². The van der Waals surface area contributed by atoms with E-state index in [-0.39, 0.29) is 5.54 Å². The van der Waals surface area contributed by atoms with Crippen molar-refractivity contribution in [1.29, 1.82) is 0 Å². The summed E-state index contributed by atoms with van der Waals surface area (Å²) >= 11 is 1.93. The first-order valence-electron chi connectivity index (χ1n) is 8.43. The zero-order valence-electron chi connectivity index (χ0n) is 13.8. The number of hydrogen-bond acceptors (Lipinski definition) is 1. The molecule has 0 radical (unpaired) electrons. The van der Waals surface area contributed by atoms with Gasteiger partial charge in [-0.2, -0.15) is 4.57 Å². The lowest BCUT2D eigenvalue weighted by Gasteiger charge is -2.37. The van der Waals surface area contributed by atoms with Crippen molar-refractivity contribution in [3.63, 3.8) is 0 Å². The van der Waals surface area contributed by atoms with Crippen molar-refractivity contribution in [3.8, 4) is 10.6 Å². The van der Waals surface area contributed by atoms with Crippen molar-refractivity contribution < 1.29 is 4.57 Å². The highest BCUT2D eigenvalue weighted by Gasteiger charge is 2.50. The van der Waals surface area contributed by atoms with E-state index in [1.165, 1.54) is 26.2 Å². The van der Waals surface area contributed by atoms with E-state index in [0.717, 1.165) is 12.8 Å². The van der Waals surface area contributed by atoms with E-state index in [1.54, 1.807) is 0 Å². The highest BCUT2D eigenvalue weighted by Crippen LogP contribution is 2.51. The van der Waals surface area contributed by atoms with Crippen molar-refractivity contribution in [3.05, 3.63) is 66.9 Å². The number of rotatable bonds is 3. The molecule has 116 valence electrons. The highest BCUT2D eigenvalue weighted by molar-refractivity contribution is 7.22. The van der Waals surface area contributed by atoms with Crippen LogP contribution in [0.15, 0.2) is 61.3 Å². The van der Waals surface area contributed by atoms with E-state index >= 15 is 0 Å². The monoisotopic (exact) mass is 320 g/mol. The van der Waals surface area contributed by atoms with Gasteiger partial charge in [0.2, 0.25) is 5.69 Å². The molecular formula is C21H22NS+. The Kier molecular flexibility index (Phi) is 3.38. The molecule has 4 rings (SSSR count). The fourth-order valence-electron chi connectivity index (χ4n) is 4.37. The van der Waals surface area contributed by atoms with E-state index in [9.17, 15) is 0 Å². The van der Waals surface area contributed by atoms with Crippen molar-refractivity contribution >= 4 is 21.4 Å². The molecule has 1 nitrogen and oxygen atoms in total. The first kappa shape index (κ1) is 14.6. The smallest absolute Gasteiger partial charge is 0.188 e. The Morgan fingerprint density at radius 2 is 1.96 bits per heavy atom. The van der Waals surface area contributed by atoms with E-state index in [0.29, 0.717) is 5.92 Å². The Hall–Kier alpha value is -1.93. The maximum Gasteiger partial charge on any atom is 0.223 e. The number of benzene rings is 1. The van der Waals surface area contributed by atoms with E-state index in [1.807, 2.05) is 11.3 Å². The van der Waals surface area contributed by atoms with Crippen LogP contribution in [0.5, 0.6) is 0 Å². The number of hydrogen-bond donors (Lipinski definition) is 0. The van der Waals surface area contributed by atoms with Gasteiger partial charge in [0.1, 0.15) is 4.88 Å². The molecule has 23 heavy (non-hydrogen) atoms. The summed E-state index contributed by atoms with van der Waals surface area (Å²) in [6, 6.07) is 15.4. The number of pyridine rings is 1. The topological polar surface area (TPSA) is 3.88 Å². The molecule has 1 aromatic carbocycles. The zero-order valence-corrected chi connectivity index (χ0v) is 14.6. The Balaban J connectivity index is 2.16. The average molecular weight is 320 g/mol. The van der Waals surface area contributed by atoms with Gasteiger partial charge in [0, 0.05) is 23.3 Å². The Labute approximate surface area is 141 Å². The minimum atomic E-state index is -0.0395. The minimum Gasteiger partial charge on any atom is -0.188 e. The van der Waals surface area contributed by atoms with Crippen LogP contribution in [0.4, 0.5) is 0 Å². The van der Waals surface area contributed by atoms with E-state index < -0.39 is 0 Å². The van der Waals surface area contributed by atoms with Gasteiger partial charge in [0.05, 0.1) is 5.92 Å². The largest absolute Gasteiger partial charge is 0.223 e. The van der Waals surface area contributed by atoms with Crippen LogP contribution in [0.2, 0.25) is 0 Å². The first-order valence-corrected chi connectivity index (χ1v) is 9.25. The SMILES string of the molecule is C=CC1(CC)C(CC)c2c(sc3ccccc23)-c2cccc[n+]21. The molecule has 1 aliphatic rings. The van der Waals surface area contributed by atoms with Crippen LogP contribution in [0, 0.1) is 0 Å². The van der Waals surface area contributed by atoms with Gasteiger partial charge < -0.3 is 0 Å². The molecule has 0 amide bonds. The lowest BCUT2D eigenvalue weighted by Crippen LogP contribution is -2.60. The molecular weight excluding hydrogens is 298 g/mol. The molecule has 3 heterocycles. The van der Waals surface area contributed by atoms with Crippen LogP contribution in [0.25, 0.3) is 20.7 Å². The number of thiophene rings is 1. The normalized spacial score (nSPS) is 22.6. The number of aromatic nitrogens is 1. The minimum absolute atomic E-state index is 0.0395. The molecule has 0 N–H and O–H groups in total. The first-order chi connectivity index (χ1) is 11.3. The molecule has 0 bridgehead atoms. The lowest BCUT2D eigenvalue weighted by molar-refractivity contribution is -0.749. The third-order valence-corrected chi connectivity index (χ3v) is 6.66. The van der Waals surface area contributed by atoms with Crippen LogP contribution < -0.4 is 4.57 Å². The van der Waals surface area contributed by atoms with Crippen LogP contribution in [-0.2, 0) is 5.54 Å². The lowest BCUT2D eigenvalue weighted by atomic mass is 9.72. The summed E-state index contributed by atoms with van der Waals surface area (Å²) in [4.78, 5) is 1.43. The maximum atomic E-state index is 4.24. The van der Waals surface area contributed by atoms with Crippen molar-refractivity contribution in [1.82, 2.24) is 0 Å². The van der Waals surface area contributed by atoms with Gasteiger partial charge in [-0.25, -0.2) is 0 Å². The van der Waals surface area contributed by atoms with Crippen LogP contribution in [-0.4, -0.2) is 0 Å². The molecule has 2 heteroatoms. The molecule has 2 aromatic heterocycles. The quantitative estimate of drug-likeness (QED) is 0.433. The second-order valence-corrected chi connectivity index (χ2v) is 7.36. The second kappa shape index (κ2) is 5.31. The zero-order chi connectivity index (χ0) is 16.0. The molecule has 0 saturated carbocycles. The standard InChI is InChI=1S/C21H22NS/c1-4-16-19-15-11-7-8-13-18(15)23-20(19)17-12-9-10-14-22(17)21(16,5-2)6-3/h5,7-14,16H,2,4,6H2,1,3H3/q+1. The molecule has 0 aliphatic carbocycles. The Morgan fingerprint density at radius 1 is 1.17 bits per heavy atom. The van der Waals surface area contributed by atoms with E-state index in [4.69, 9.17) is 0 Å². The van der Waals surface area contributed by atoms with Crippen molar-refractivity contribution in [2.24, 2.45) is 0 Å². The number of allylic oxidation sites excluding steroid dienone is 1. The summed E-state index contributed by atoms with van der Waals surface area (Å²) in [5.74, 6) is 0.469. The van der Waals surface area contributed by atoms with Gasteiger partial charge in [-0.3, -0.25) is 0 Å². The molecule has 2 unspecified atom stereocenters. The molecule has 0 fully saturated rings. The third-order valence-electron chi connectivity index (χ3n) is 5.45. The summed E-state index contributed by atoms with van der Waals surface area (Å²) in [5.41, 5.74) is 2.82. The van der Waals surface area contributed by atoms with Gasteiger partial charge in [-0.15, -0.1) is 11.3 Å². The van der Waals surface area contributed by atoms with Gasteiger partial charge >= 0.3 is 0 Å². The summed E-state index contributed by atoms with van der Waals surface area (Å²) in [6.07, 6.45) is 6.59. The molecule has 2 atom stereocenters. The fraction of sp³-hybridized carbons (Fsp3) is 0.286. The van der Waals surface area contributed by atoms with Crippen molar-refractivity contribution in [2.75, 3.05) is 0 Å². The van der Waals surface area contributed by atoms with Crippen LogP contribution >= 0.6 is 11.3 Å². The van der Waals surface area contributed by atoms with Gasteiger partial charge in [-0.1, -0.05) is 38.6 Å². The van der Waals surface area contributed by atoms with Gasteiger partial charge in [0.15, 0.2) is 11.7 Å². The second-order valence-electron chi connectivity index (χ2n) is 6.31. The maximum absolute atomic E-state index is 4.24. The summed E-state index contributed by atoms with van der Waals surface area (Å²) < 4.78 is 3.86. The van der Waals surface area contributed by atoms with Crippen molar-refractivity contribution in [2.45, 2.75) is 38.1 Å². The summed E-state index contributed by atoms with van der Waals surface area (Å²) in [7, 11) is 0. The summed E-state index contributed by atoms with van der Waals surface area (Å²) in [5, 5.41) is 1.43. The average Bonchev–Trinajstić information content (AvgIpc) is 3.00. The molecule has 1 aliphatic heterocycles.